The summed E-state index contributed by atoms with van der Waals surface area (Å²) in [4.78, 5) is 24.0. The molecule has 0 aliphatic rings. The van der Waals surface area contributed by atoms with Crippen molar-refractivity contribution in [3.05, 3.63) is 64.1 Å². The highest BCUT2D eigenvalue weighted by molar-refractivity contribution is 9.10. The molecule has 2 rings (SSSR count). The predicted octanol–water partition coefficient (Wildman–Crippen LogP) is 3.70. The van der Waals surface area contributed by atoms with Crippen LogP contribution in [0, 0.1) is 0 Å². The van der Waals surface area contributed by atoms with Crippen molar-refractivity contribution in [3.8, 4) is 5.75 Å². The number of rotatable bonds is 6. The van der Waals surface area contributed by atoms with Gasteiger partial charge in [-0.05, 0) is 52.7 Å². The molecule has 2 amide bonds. The SMILES string of the molecule is CCCCOc1ccc(C(=O)NNC(=O)c2ccccc2)cc1Br. The van der Waals surface area contributed by atoms with Crippen molar-refractivity contribution in [2.75, 3.05) is 6.61 Å². The van der Waals surface area contributed by atoms with Gasteiger partial charge in [-0.25, -0.2) is 0 Å². The number of unbranched alkanes of at least 4 members (excludes halogenated alkanes) is 1. The lowest BCUT2D eigenvalue weighted by Crippen LogP contribution is -2.41. The average molecular weight is 391 g/mol. The zero-order valence-corrected chi connectivity index (χ0v) is 14.9. The minimum Gasteiger partial charge on any atom is -0.492 e. The van der Waals surface area contributed by atoms with Crippen LogP contribution in [0.1, 0.15) is 40.5 Å². The Labute approximate surface area is 149 Å². The van der Waals surface area contributed by atoms with E-state index >= 15 is 0 Å². The third kappa shape index (κ3) is 5.09. The number of amides is 2. The van der Waals surface area contributed by atoms with Gasteiger partial charge in [0.1, 0.15) is 5.75 Å². The van der Waals surface area contributed by atoms with E-state index in [1.807, 2.05) is 6.07 Å². The molecular formula is C18H19BrN2O3. The van der Waals surface area contributed by atoms with Crippen LogP contribution in [0.25, 0.3) is 0 Å². The van der Waals surface area contributed by atoms with E-state index in [2.05, 4.69) is 33.7 Å². The molecule has 0 spiro atoms. The summed E-state index contributed by atoms with van der Waals surface area (Å²) >= 11 is 3.39. The lowest BCUT2D eigenvalue weighted by molar-refractivity contribution is 0.0846. The molecular weight excluding hydrogens is 372 g/mol. The number of carbonyl (C=O) groups is 2. The molecule has 0 aromatic heterocycles. The molecule has 2 aromatic carbocycles. The van der Waals surface area contributed by atoms with E-state index in [9.17, 15) is 9.59 Å². The van der Waals surface area contributed by atoms with Crippen LogP contribution < -0.4 is 15.6 Å². The van der Waals surface area contributed by atoms with Crippen LogP contribution in [0.4, 0.5) is 0 Å². The normalized spacial score (nSPS) is 10.1. The lowest BCUT2D eigenvalue weighted by Gasteiger charge is -2.10. The smallest absolute Gasteiger partial charge is 0.269 e. The van der Waals surface area contributed by atoms with Gasteiger partial charge in [0.15, 0.2) is 0 Å². The second-order valence-electron chi connectivity index (χ2n) is 5.12. The topological polar surface area (TPSA) is 67.4 Å². The summed E-state index contributed by atoms with van der Waals surface area (Å²) in [5.74, 6) is -0.0871. The van der Waals surface area contributed by atoms with Gasteiger partial charge in [-0.3, -0.25) is 20.4 Å². The number of hydrogen-bond acceptors (Lipinski definition) is 3. The molecule has 0 atom stereocenters. The van der Waals surface area contributed by atoms with Crippen LogP contribution in [0.3, 0.4) is 0 Å². The Hall–Kier alpha value is -2.34. The fourth-order valence-electron chi connectivity index (χ4n) is 1.93. The Kier molecular flexibility index (Phi) is 6.81. The highest BCUT2D eigenvalue weighted by Gasteiger charge is 2.11. The summed E-state index contributed by atoms with van der Waals surface area (Å²) in [6, 6.07) is 13.7. The van der Waals surface area contributed by atoms with E-state index < -0.39 is 5.91 Å². The van der Waals surface area contributed by atoms with E-state index in [4.69, 9.17) is 4.74 Å². The molecule has 0 heterocycles. The van der Waals surface area contributed by atoms with E-state index in [1.165, 1.54) is 0 Å². The minimum atomic E-state index is -0.403. The van der Waals surface area contributed by atoms with Gasteiger partial charge in [0.25, 0.3) is 11.8 Å². The van der Waals surface area contributed by atoms with Crippen molar-refractivity contribution < 1.29 is 14.3 Å². The van der Waals surface area contributed by atoms with Crippen LogP contribution in [0.15, 0.2) is 53.0 Å². The zero-order valence-electron chi connectivity index (χ0n) is 13.3. The Balaban J connectivity index is 1.92. The molecule has 0 saturated heterocycles. The molecule has 0 bridgehead atoms. The van der Waals surface area contributed by atoms with Crippen LogP contribution in [0.5, 0.6) is 5.75 Å². The molecule has 0 saturated carbocycles. The summed E-state index contributed by atoms with van der Waals surface area (Å²) in [5.41, 5.74) is 5.67. The number of ether oxygens (including phenoxy) is 1. The van der Waals surface area contributed by atoms with Crippen molar-refractivity contribution in [3.63, 3.8) is 0 Å². The number of hydrogen-bond donors (Lipinski definition) is 2. The van der Waals surface area contributed by atoms with Gasteiger partial charge < -0.3 is 4.74 Å². The molecule has 126 valence electrons. The van der Waals surface area contributed by atoms with Crippen LogP contribution in [-0.4, -0.2) is 18.4 Å². The van der Waals surface area contributed by atoms with Gasteiger partial charge in [-0.2, -0.15) is 0 Å². The summed E-state index contributed by atoms with van der Waals surface area (Å²) in [7, 11) is 0. The van der Waals surface area contributed by atoms with Crippen molar-refractivity contribution in [1.29, 1.82) is 0 Å². The van der Waals surface area contributed by atoms with Gasteiger partial charge in [0.2, 0.25) is 0 Å². The van der Waals surface area contributed by atoms with Gasteiger partial charge in [0.05, 0.1) is 11.1 Å². The molecule has 2 N–H and O–H groups in total. The van der Waals surface area contributed by atoms with Gasteiger partial charge in [-0.1, -0.05) is 31.5 Å². The van der Waals surface area contributed by atoms with Crippen molar-refractivity contribution in [2.24, 2.45) is 0 Å². The first-order chi connectivity index (χ1) is 11.6. The van der Waals surface area contributed by atoms with E-state index in [0.29, 0.717) is 28.0 Å². The van der Waals surface area contributed by atoms with Crippen LogP contribution >= 0.6 is 15.9 Å². The summed E-state index contributed by atoms with van der Waals surface area (Å²) < 4.78 is 6.31. The maximum atomic E-state index is 12.1. The number of hydrazine groups is 1. The Morgan fingerprint density at radius 2 is 1.67 bits per heavy atom. The monoisotopic (exact) mass is 390 g/mol. The molecule has 5 nitrogen and oxygen atoms in total. The van der Waals surface area contributed by atoms with Crippen molar-refractivity contribution in [2.45, 2.75) is 19.8 Å². The first kappa shape index (κ1) is 18.0. The zero-order chi connectivity index (χ0) is 17.4. The summed E-state index contributed by atoms with van der Waals surface area (Å²) in [6.45, 7) is 2.73. The van der Waals surface area contributed by atoms with Gasteiger partial charge >= 0.3 is 0 Å². The maximum absolute atomic E-state index is 12.1. The number of carbonyl (C=O) groups excluding carboxylic acids is 2. The highest BCUT2D eigenvalue weighted by atomic mass is 79.9. The fourth-order valence-corrected chi connectivity index (χ4v) is 2.43. The van der Waals surface area contributed by atoms with E-state index in [-0.39, 0.29) is 5.91 Å². The highest BCUT2D eigenvalue weighted by Crippen LogP contribution is 2.26. The Morgan fingerprint density at radius 3 is 2.29 bits per heavy atom. The first-order valence-electron chi connectivity index (χ1n) is 7.70. The number of nitrogens with one attached hydrogen (secondary N) is 2. The maximum Gasteiger partial charge on any atom is 0.269 e. The summed E-state index contributed by atoms with van der Waals surface area (Å²) in [6.07, 6.45) is 2.03. The van der Waals surface area contributed by atoms with Crippen LogP contribution in [-0.2, 0) is 0 Å². The fraction of sp³-hybridized carbons (Fsp3) is 0.222. The lowest BCUT2D eigenvalue weighted by atomic mass is 10.2. The number of halogens is 1. The standard InChI is InChI=1S/C18H19BrN2O3/c1-2-3-11-24-16-10-9-14(12-15(16)19)18(23)21-20-17(22)13-7-5-4-6-8-13/h4-10,12H,2-3,11H2,1H3,(H,20,22)(H,21,23). The molecule has 0 unspecified atom stereocenters. The van der Waals surface area contributed by atoms with E-state index in [1.54, 1.807) is 42.5 Å². The molecule has 2 aromatic rings. The molecule has 24 heavy (non-hydrogen) atoms. The largest absolute Gasteiger partial charge is 0.492 e. The molecule has 0 aliphatic heterocycles. The quantitative estimate of drug-likeness (QED) is 0.583. The summed E-state index contributed by atoms with van der Waals surface area (Å²) in [5, 5.41) is 0. The number of benzene rings is 2. The van der Waals surface area contributed by atoms with Crippen molar-refractivity contribution in [1.82, 2.24) is 10.9 Å². The van der Waals surface area contributed by atoms with E-state index in [0.717, 1.165) is 12.8 Å². The average Bonchev–Trinajstić information content (AvgIpc) is 2.61. The third-order valence-electron chi connectivity index (χ3n) is 3.28. The van der Waals surface area contributed by atoms with Crippen molar-refractivity contribution >= 4 is 27.7 Å². The molecule has 0 radical (unpaired) electrons. The second kappa shape index (κ2) is 9.08. The minimum absolute atomic E-state index is 0.373. The molecule has 0 fully saturated rings. The van der Waals surface area contributed by atoms with Crippen LogP contribution in [0.2, 0.25) is 0 Å². The molecule has 0 aliphatic carbocycles. The Morgan fingerprint density at radius 1 is 1.00 bits per heavy atom. The predicted molar refractivity (Wildman–Crippen MR) is 95.9 cm³/mol. The second-order valence-corrected chi connectivity index (χ2v) is 5.98. The Bertz CT molecular complexity index is 705. The molecule has 6 heteroatoms. The van der Waals surface area contributed by atoms with Gasteiger partial charge in [0, 0.05) is 11.1 Å². The van der Waals surface area contributed by atoms with Gasteiger partial charge in [-0.15, -0.1) is 0 Å². The third-order valence-corrected chi connectivity index (χ3v) is 3.89. The first-order valence-corrected chi connectivity index (χ1v) is 8.49.